The normalized spacial score (nSPS) is 15.2. The maximum absolute atomic E-state index is 12.8. The molecule has 110 valence electrons. The number of nitrogens with one attached hydrogen (secondary N) is 1. The fraction of sp³-hybridized carbons (Fsp3) is 0.429. The topological polar surface area (TPSA) is 86.6 Å². The van der Waals surface area contributed by atoms with Gasteiger partial charge in [0.05, 0.1) is 12.5 Å². The molecule has 2 unspecified atom stereocenters. The molecular formula is C14H18FNO4. The van der Waals surface area contributed by atoms with E-state index in [0.29, 0.717) is 12.0 Å². The lowest BCUT2D eigenvalue weighted by molar-refractivity contribution is -0.156. The molecule has 0 aliphatic heterocycles. The number of amides is 1. The first-order valence-corrected chi connectivity index (χ1v) is 6.27. The second kappa shape index (κ2) is 6.47. The largest absolute Gasteiger partial charge is 0.479 e. The number of hydrogen-bond donors (Lipinski definition) is 3. The van der Waals surface area contributed by atoms with E-state index in [1.54, 1.807) is 6.92 Å². The van der Waals surface area contributed by atoms with Crippen LogP contribution in [0.3, 0.4) is 0 Å². The molecule has 0 fully saturated rings. The van der Waals surface area contributed by atoms with Crippen LogP contribution in [0.1, 0.15) is 31.7 Å². The Balaban J connectivity index is 2.73. The van der Waals surface area contributed by atoms with Crippen molar-refractivity contribution in [1.82, 2.24) is 5.32 Å². The highest BCUT2D eigenvalue weighted by Gasteiger charge is 2.31. The summed E-state index contributed by atoms with van der Waals surface area (Å²) in [6.07, 6.45) is 0.479. The monoisotopic (exact) mass is 283 g/mol. The van der Waals surface area contributed by atoms with Gasteiger partial charge in [0.25, 0.3) is 0 Å². The van der Waals surface area contributed by atoms with E-state index in [0.717, 1.165) is 6.92 Å². The smallest absolute Gasteiger partial charge is 0.337 e. The number of aliphatic carboxylic acids is 1. The molecular weight excluding hydrogens is 265 g/mol. The summed E-state index contributed by atoms with van der Waals surface area (Å²) in [6, 6.07) is 5.55. The van der Waals surface area contributed by atoms with Crippen molar-refractivity contribution in [2.75, 3.05) is 6.54 Å². The molecule has 20 heavy (non-hydrogen) atoms. The third-order valence-electron chi connectivity index (χ3n) is 3.06. The van der Waals surface area contributed by atoms with Gasteiger partial charge in [0.15, 0.2) is 5.60 Å². The summed E-state index contributed by atoms with van der Waals surface area (Å²) in [7, 11) is 0. The van der Waals surface area contributed by atoms with Crippen LogP contribution in [0.15, 0.2) is 24.3 Å². The zero-order valence-electron chi connectivity index (χ0n) is 11.4. The summed E-state index contributed by atoms with van der Waals surface area (Å²) in [5, 5.41) is 20.7. The summed E-state index contributed by atoms with van der Waals surface area (Å²) < 4.78 is 12.8. The molecule has 0 saturated heterocycles. The van der Waals surface area contributed by atoms with Gasteiger partial charge in [0.1, 0.15) is 5.82 Å². The van der Waals surface area contributed by atoms with E-state index in [2.05, 4.69) is 5.32 Å². The van der Waals surface area contributed by atoms with Crippen molar-refractivity contribution < 1.29 is 24.2 Å². The molecule has 1 aromatic carbocycles. The lowest BCUT2D eigenvalue weighted by atomic mass is 9.95. The predicted molar refractivity (Wildman–Crippen MR) is 70.7 cm³/mol. The van der Waals surface area contributed by atoms with Crippen LogP contribution < -0.4 is 5.32 Å². The second-order valence-electron chi connectivity index (χ2n) is 4.81. The van der Waals surface area contributed by atoms with Gasteiger partial charge >= 0.3 is 5.97 Å². The molecule has 0 saturated carbocycles. The highest BCUT2D eigenvalue weighted by atomic mass is 19.1. The van der Waals surface area contributed by atoms with Gasteiger partial charge in [-0.05, 0) is 31.0 Å². The average molecular weight is 283 g/mol. The van der Waals surface area contributed by atoms with E-state index < -0.39 is 35.8 Å². The van der Waals surface area contributed by atoms with Crippen molar-refractivity contribution in [3.05, 3.63) is 35.6 Å². The summed E-state index contributed by atoms with van der Waals surface area (Å²) in [5.41, 5.74) is -1.38. The van der Waals surface area contributed by atoms with E-state index in [4.69, 9.17) is 5.11 Å². The van der Waals surface area contributed by atoms with Gasteiger partial charge < -0.3 is 15.5 Å². The fourth-order valence-electron chi connectivity index (χ4n) is 1.73. The first-order chi connectivity index (χ1) is 9.27. The van der Waals surface area contributed by atoms with E-state index in [1.165, 1.54) is 24.3 Å². The Labute approximate surface area is 116 Å². The Hall–Kier alpha value is -1.95. The van der Waals surface area contributed by atoms with Crippen molar-refractivity contribution in [2.24, 2.45) is 0 Å². The molecule has 3 N–H and O–H groups in total. The predicted octanol–water partition coefficient (Wildman–Crippen LogP) is 1.27. The van der Waals surface area contributed by atoms with Crippen LogP contribution in [0.5, 0.6) is 0 Å². The van der Waals surface area contributed by atoms with E-state index in [1.807, 2.05) is 0 Å². The number of hydrogen-bond acceptors (Lipinski definition) is 3. The molecule has 0 heterocycles. The number of carbonyl (C=O) groups excluding carboxylic acids is 1. The minimum absolute atomic E-state index is 0.390. The highest BCUT2D eigenvalue weighted by Crippen LogP contribution is 2.20. The Morgan fingerprint density at radius 3 is 2.35 bits per heavy atom. The maximum atomic E-state index is 12.8. The third-order valence-corrected chi connectivity index (χ3v) is 3.06. The van der Waals surface area contributed by atoms with E-state index >= 15 is 0 Å². The third kappa shape index (κ3) is 4.03. The van der Waals surface area contributed by atoms with Crippen molar-refractivity contribution >= 4 is 11.9 Å². The minimum atomic E-state index is -2.02. The van der Waals surface area contributed by atoms with Gasteiger partial charge in [0.2, 0.25) is 5.91 Å². The van der Waals surface area contributed by atoms with Crippen LogP contribution in [0.25, 0.3) is 0 Å². The quantitative estimate of drug-likeness (QED) is 0.734. The van der Waals surface area contributed by atoms with Crippen molar-refractivity contribution in [2.45, 2.75) is 31.8 Å². The summed E-state index contributed by atoms with van der Waals surface area (Å²) >= 11 is 0. The zero-order valence-corrected chi connectivity index (χ0v) is 11.4. The standard InChI is InChI=1S/C14H18FNO4/c1-3-11(9-4-6-10(15)7-5-9)12(17)16-8-14(2,20)13(18)19/h4-7,11,20H,3,8H2,1-2H3,(H,16,17)(H,18,19). The highest BCUT2D eigenvalue weighted by molar-refractivity contribution is 5.85. The number of halogens is 1. The number of rotatable bonds is 6. The molecule has 1 amide bonds. The van der Waals surface area contributed by atoms with Gasteiger partial charge in [-0.25, -0.2) is 9.18 Å². The van der Waals surface area contributed by atoms with Crippen LogP contribution in [0.4, 0.5) is 4.39 Å². The number of carbonyl (C=O) groups is 2. The van der Waals surface area contributed by atoms with Crippen LogP contribution >= 0.6 is 0 Å². The molecule has 0 bridgehead atoms. The van der Waals surface area contributed by atoms with Crippen molar-refractivity contribution in [3.8, 4) is 0 Å². The molecule has 0 aromatic heterocycles. The molecule has 0 spiro atoms. The Morgan fingerprint density at radius 2 is 1.90 bits per heavy atom. The summed E-state index contributed by atoms with van der Waals surface area (Å²) in [6.45, 7) is 2.51. The molecule has 0 aliphatic rings. The number of carboxylic acid groups (broad SMARTS) is 1. The van der Waals surface area contributed by atoms with Crippen LogP contribution in [-0.4, -0.2) is 34.2 Å². The van der Waals surface area contributed by atoms with Gasteiger partial charge in [-0.15, -0.1) is 0 Å². The lowest BCUT2D eigenvalue weighted by Crippen LogP contribution is -2.47. The first-order valence-electron chi connectivity index (χ1n) is 6.27. The van der Waals surface area contributed by atoms with Gasteiger partial charge in [-0.1, -0.05) is 19.1 Å². The van der Waals surface area contributed by atoms with Gasteiger partial charge in [-0.2, -0.15) is 0 Å². The van der Waals surface area contributed by atoms with Crippen molar-refractivity contribution in [1.29, 1.82) is 0 Å². The fourth-order valence-corrected chi connectivity index (χ4v) is 1.73. The Bertz CT molecular complexity index is 484. The van der Waals surface area contributed by atoms with Gasteiger partial charge in [0, 0.05) is 0 Å². The molecule has 1 rings (SSSR count). The second-order valence-corrected chi connectivity index (χ2v) is 4.81. The van der Waals surface area contributed by atoms with E-state index in [9.17, 15) is 19.1 Å². The minimum Gasteiger partial charge on any atom is -0.479 e. The summed E-state index contributed by atoms with van der Waals surface area (Å²) in [4.78, 5) is 22.8. The zero-order chi connectivity index (χ0) is 15.3. The average Bonchev–Trinajstić information content (AvgIpc) is 2.39. The lowest BCUT2D eigenvalue weighted by Gasteiger charge is -2.21. The molecule has 6 heteroatoms. The van der Waals surface area contributed by atoms with Crippen molar-refractivity contribution in [3.63, 3.8) is 0 Å². The molecule has 1 aromatic rings. The maximum Gasteiger partial charge on any atom is 0.337 e. The number of carboxylic acids is 1. The van der Waals surface area contributed by atoms with Crippen LogP contribution in [-0.2, 0) is 9.59 Å². The van der Waals surface area contributed by atoms with Gasteiger partial charge in [-0.3, -0.25) is 4.79 Å². The molecule has 2 atom stereocenters. The first kappa shape index (κ1) is 16.1. The number of aliphatic hydroxyl groups is 1. The Kier molecular flexibility index (Phi) is 5.21. The number of benzene rings is 1. The summed E-state index contributed by atoms with van der Waals surface area (Å²) in [5.74, 6) is -2.72. The van der Waals surface area contributed by atoms with Crippen LogP contribution in [0.2, 0.25) is 0 Å². The van der Waals surface area contributed by atoms with E-state index in [-0.39, 0.29) is 0 Å². The molecule has 0 aliphatic carbocycles. The van der Waals surface area contributed by atoms with Crippen LogP contribution in [0, 0.1) is 5.82 Å². The SMILES string of the molecule is CCC(C(=O)NCC(C)(O)C(=O)O)c1ccc(F)cc1. The molecule has 5 nitrogen and oxygen atoms in total. The molecule has 0 radical (unpaired) electrons. The Morgan fingerprint density at radius 1 is 1.35 bits per heavy atom.